The second kappa shape index (κ2) is 8.12. The maximum absolute atomic E-state index is 9.43. The van der Waals surface area contributed by atoms with Crippen LogP contribution in [-0.4, -0.2) is 24.3 Å². The Morgan fingerprint density at radius 1 is 1.20 bits per heavy atom. The van der Waals surface area contributed by atoms with E-state index in [4.69, 9.17) is 0 Å². The van der Waals surface area contributed by atoms with E-state index in [-0.39, 0.29) is 5.41 Å². The summed E-state index contributed by atoms with van der Waals surface area (Å²) in [4.78, 5) is 0. The molecule has 0 saturated carbocycles. The summed E-state index contributed by atoms with van der Waals surface area (Å²) in [6, 6.07) is 0.578. The SMILES string of the molecule is CCCCC(C)NCC(CC)(CC)CO. The third kappa shape index (κ3) is 5.53. The first kappa shape index (κ1) is 14.9. The molecule has 2 heteroatoms. The van der Waals surface area contributed by atoms with Crippen LogP contribution < -0.4 is 5.32 Å². The summed E-state index contributed by atoms with van der Waals surface area (Å²) in [6.45, 7) is 10.0. The van der Waals surface area contributed by atoms with E-state index < -0.39 is 0 Å². The Balaban J connectivity index is 3.88. The molecular formula is C13H29NO. The Morgan fingerprint density at radius 3 is 2.20 bits per heavy atom. The van der Waals surface area contributed by atoms with E-state index in [1.807, 2.05) is 0 Å². The molecule has 0 aliphatic carbocycles. The van der Waals surface area contributed by atoms with Crippen molar-refractivity contribution in [2.45, 2.75) is 65.8 Å². The van der Waals surface area contributed by atoms with Gasteiger partial charge >= 0.3 is 0 Å². The zero-order valence-electron chi connectivity index (χ0n) is 11.0. The highest BCUT2D eigenvalue weighted by molar-refractivity contribution is 4.79. The standard InChI is InChI=1S/C13H29NO/c1-5-8-9-12(4)14-10-13(6-2,7-3)11-15/h12,14-15H,5-11H2,1-4H3. The minimum atomic E-state index is 0.0977. The number of aliphatic hydroxyl groups excluding tert-OH is 1. The van der Waals surface area contributed by atoms with Gasteiger partial charge in [-0.15, -0.1) is 0 Å². The van der Waals surface area contributed by atoms with Gasteiger partial charge in [0.1, 0.15) is 0 Å². The molecule has 0 spiro atoms. The fraction of sp³-hybridized carbons (Fsp3) is 1.00. The lowest BCUT2D eigenvalue weighted by molar-refractivity contribution is 0.110. The predicted octanol–water partition coefficient (Wildman–Crippen LogP) is 2.95. The first-order valence-corrected chi connectivity index (χ1v) is 6.48. The number of aliphatic hydroxyl groups is 1. The minimum absolute atomic E-state index is 0.0977. The lowest BCUT2D eigenvalue weighted by atomic mass is 9.83. The molecule has 0 aliphatic rings. The van der Waals surface area contributed by atoms with E-state index in [1.54, 1.807) is 0 Å². The first-order chi connectivity index (χ1) is 7.14. The molecule has 0 aliphatic heterocycles. The molecule has 0 heterocycles. The van der Waals surface area contributed by atoms with Crippen molar-refractivity contribution >= 4 is 0 Å². The highest BCUT2D eigenvalue weighted by atomic mass is 16.3. The Morgan fingerprint density at radius 2 is 1.80 bits per heavy atom. The van der Waals surface area contributed by atoms with Crippen LogP contribution in [0.25, 0.3) is 0 Å². The molecule has 0 bridgehead atoms. The second-order valence-corrected chi connectivity index (χ2v) is 4.79. The van der Waals surface area contributed by atoms with Gasteiger partial charge in [0.05, 0.1) is 0 Å². The molecule has 0 aromatic carbocycles. The molecule has 0 amide bonds. The molecule has 1 unspecified atom stereocenters. The van der Waals surface area contributed by atoms with E-state index in [1.165, 1.54) is 19.3 Å². The Labute approximate surface area is 95.5 Å². The summed E-state index contributed by atoms with van der Waals surface area (Å²) >= 11 is 0. The molecule has 0 fully saturated rings. The van der Waals surface area contributed by atoms with Gasteiger partial charge in [0.15, 0.2) is 0 Å². The monoisotopic (exact) mass is 215 g/mol. The molecule has 2 nitrogen and oxygen atoms in total. The van der Waals surface area contributed by atoms with Gasteiger partial charge in [-0.05, 0) is 26.2 Å². The highest BCUT2D eigenvalue weighted by Gasteiger charge is 2.25. The normalized spacial score (nSPS) is 14.2. The summed E-state index contributed by atoms with van der Waals surface area (Å²) in [5.41, 5.74) is 0.0977. The van der Waals surface area contributed by atoms with Crippen molar-refractivity contribution < 1.29 is 5.11 Å². The Kier molecular flexibility index (Phi) is 8.07. The number of hydrogen-bond acceptors (Lipinski definition) is 2. The predicted molar refractivity (Wildman–Crippen MR) is 67.1 cm³/mol. The number of rotatable bonds is 9. The van der Waals surface area contributed by atoms with Crippen LogP contribution in [0, 0.1) is 5.41 Å². The van der Waals surface area contributed by atoms with Crippen molar-refractivity contribution in [2.75, 3.05) is 13.2 Å². The zero-order valence-corrected chi connectivity index (χ0v) is 11.0. The second-order valence-electron chi connectivity index (χ2n) is 4.79. The lowest BCUT2D eigenvalue weighted by Gasteiger charge is -2.31. The van der Waals surface area contributed by atoms with Crippen LogP contribution in [-0.2, 0) is 0 Å². The highest BCUT2D eigenvalue weighted by Crippen LogP contribution is 2.24. The third-order valence-electron chi connectivity index (χ3n) is 3.65. The van der Waals surface area contributed by atoms with Crippen molar-refractivity contribution in [1.29, 1.82) is 0 Å². The summed E-state index contributed by atoms with van der Waals surface area (Å²) in [5, 5.41) is 13.0. The van der Waals surface area contributed by atoms with Crippen molar-refractivity contribution in [1.82, 2.24) is 5.32 Å². The number of unbranched alkanes of at least 4 members (excludes halogenated alkanes) is 1. The molecule has 2 N–H and O–H groups in total. The van der Waals surface area contributed by atoms with Gasteiger partial charge in [0.25, 0.3) is 0 Å². The van der Waals surface area contributed by atoms with Crippen molar-refractivity contribution in [3.05, 3.63) is 0 Å². The smallest absolute Gasteiger partial charge is 0.0499 e. The van der Waals surface area contributed by atoms with Crippen LogP contribution in [0.15, 0.2) is 0 Å². The topological polar surface area (TPSA) is 32.3 Å². The van der Waals surface area contributed by atoms with E-state index in [0.717, 1.165) is 19.4 Å². The van der Waals surface area contributed by atoms with Crippen molar-refractivity contribution in [2.24, 2.45) is 5.41 Å². The van der Waals surface area contributed by atoms with Gasteiger partial charge in [-0.25, -0.2) is 0 Å². The first-order valence-electron chi connectivity index (χ1n) is 6.48. The fourth-order valence-corrected chi connectivity index (χ4v) is 1.78. The largest absolute Gasteiger partial charge is 0.396 e. The van der Waals surface area contributed by atoms with Crippen molar-refractivity contribution in [3.63, 3.8) is 0 Å². The van der Waals surface area contributed by atoms with E-state index in [0.29, 0.717) is 12.6 Å². The molecule has 15 heavy (non-hydrogen) atoms. The molecule has 1 atom stereocenters. The van der Waals surface area contributed by atoms with Crippen molar-refractivity contribution in [3.8, 4) is 0 Å². The average Bonchev–Trinajstić information content (AvgIpc) is 2.29. The molecular weight excluding hydrogens is 186 g/mol. The van der Waals surface area contributed by atoms with Crippen LogP contribution in [0.3, 0.4) is 0 Å². The van der Waals surface area contributed by atoms with Crippen LogP contribution >= 0.6 is 0 Å². The van der Waals surface area contributed by atoms with Gasteiger partial charge in [-0.1, -0.05) is 33.6 Å². The van der Waals surface area contributed by atoms with E-state index in [2.05, 4.69) is 33.0 Å². The van der Waals surface area contributed by atoms with Gasteiger partial charge in [-0.2, -0.15) is 0 Å². The number of hydrogen-bond donors (Lipinski definition) is 2. The molecule has 0 radical (unpaired) electrons. The van der Waals surface area contributed by atoms with Gasteiger partial charge in [0, 0.05) is 24.6 Å². The lowest BCUT2D eigenvalue weighted by Crippen LogP contribution is -2.40. The molecule has 0 aromatic rings. The maximum Gasteiger partial charge on any atom is 0.0499 e. The molecule has 92 valence electrons. The van der Waals surface area contributed by atoms with E-state index in [9.17, 15) is 5.11 Å². The quantitative estimate of drug-likeness (QED) is 0.620. The van der Waals surface area contributed by atoms with Gasteiger partial charge in [-0.3, -0.25) is 0 Å². The Bertz CT molecular complexity index is 135. The van der Waals surface area contributed by atoms with Crippen LogP contribution in [0.2, 0.25) is 0 Å². The summed E-state index contributed by atoms with van der Waals surface area (Å²) in [7, 11) is 0. The van der Waals surface area contributed by atoms with Gasteiger partial charge < -0.3 is 10.4 Å². The van der Waals surface area contributed by atoms with E-state index >= 15 is 0 Å². The maximum atomic E-state index is 9.43. The summed E-state index contributed by atoms with van der Waals surface area (Å²) in [6.07, 6.45) is 5.89. The summed E-state index contributed by atoms with van der Waals surface area (Å²) < 4.78 is 0. The van der Waals surface area contributed by atoms with Gasteiger partial charge in [0.2, 0.25) is 0 Å². The minimum Gasteiger partial charge on any atom is -0.396 e. The summed E-state index contributed by atoms with van der Waals surface area (Å²) in [5.74, 6) is 0. The average molecular weight is 215 g/mol. The zero-order chi connectivity index (χ0) is 11.7. The Hall–Kier alpha value is -0.0800. The van der Waals surface area contributed by atoms with Crippen LogP contribution in [0.5, 0.6) is 0 Å². The number of nitrogens with one attached hydrogen (secondary N) is 1. The molecule has 0 rings (SSSR count). The molecule has 0 saturated heterocycles. The molecule has 0 aromatic heterocycles. The van der Waals surface area contributed by atoms with Crippen LogP contribution in [0.1, 0.15) is 59.8 Å². The fourth-order valence-electron chi connectivity index (χ4n) is 1.78. The third-order valence-corrected chi connectivity index (χ3v) is 3.65. The van der Waals surface area contributed by atoms with Crippen LogP contribution in [0.4, 0.5) is 0 Å².